The number of benzene rings is 2. The molecule has 31 heavy (non-hydrogen) atoms. The third kappa shape index (κ3) is 5.17. The molecular weight excluding hydrogens is 456 g/mol. The predicted octanol–water partition coefficient (Wildman–Crippen LogP) is 3.95. The Kier molecular flexibility index (Phi) is 6.45. The van der Waals surface area contributed by atoms with Crippen LogP contribution in [-0.2, 0) is 10.0 Å². The van der Waals surface area contributed by atoms with Gasteiger partial charge >= 0.3 is 0 Å². The summed E-state index contributed by atoms with van der Waals surface area (Å²) in [6.45, 7) is 2.82. The van der Waals surface area contributed by atoms with Gasteiger partial charge < -0.3 is 9.80 Å². The number of nitrogens with one attached hydrogen (secondary N) is 1. The third-order valence-corrected chi connectivity index (χ3v) is 7.46. The Labute approximate surface area is 190 Å². The summed E-state index contributed by atoms with van der Waals surface area (Å²) in [5.74, 6) is -0.101. The van der Waals surface area contributed by atoms with Gasteiger partial charge in [0.25, 0.3) is 15.9 Å². The van der Waals surface area contributed by atoms with Gasteiger partial charge in [-0.2, -0.15) is 0 Å². The van der Waals surface area contributed by atoms with E-state index in [0.717, 1.165) is 24.6 Å². The quantitative estimate of drug-likeness (QED) is 0.603. The molecule has 2 heterocycles. The Balaban J connectivity index is 1.42. The molecule has 0 radical (unpaired) electrons. The summed E-state index contributed by atoms with van der Waals surface area (Å²) in [6, 6.07) is 12.4. The van der Waals surface area contributed by atoms with Crippen molar-refractivity contribution < 1.29 is 13.2 Å². The van der Waals surface area contributed by atoms with Crippen LogP contribution in [0.5, 0.6) is 0 Å². The molecule has 1 N–H and O–H groups in total. The van der Waals surface area contributed by atoms with Crippen molar-refractivity contribution in [2.75, 3.05) is 35.8 Å². The summed E-state index contributed by atoms with van der Waals surface area (Å²) in [7, 11) is -3.76. The first-order chi connectivity index (χ1) is 14.9. The first-order valence-electron chi connectivity index (χ1n) is 9.74. The van der Waals surface area contributed by atoms with Crippen molar-refractivity contribution >= 4 is 49.7 Å². The molecule has 3 aromatic rings. The Morgan fingerprint density at radius 3 is 2.42 bits per heavy atom. The van der Waals surface area contributed by atoms with Crippen molar-refractivity contribution in [1.29, 1.82) is 0 Å². The van der Waals surface area contributed by atoms with E-state index in [1.54, 1.807) is 53.9 Å². The van der Waals surface area contributed by atoms with Crippen LogP contribution in [0.4, 0.5) is 10.8 Å². The summed E-state index contributed by atoms with van der Waals surface area (Å²) in [4.78, 5) is 21.4. The fourth-order valence-electron chi connectivity index (χ4n) is 3.38. The van der Waals surface area contributed by atoms with E-state index in [-0.39, 0.29) is 10.8 Å². The molecule has 7 nitrogen and oxygen atoms in total. The summed E-state index contributed by atoms with van der Waals surface area (Å²) >= 11 is 7.43. The summed E-state index contributed by atoms with van der Waals surface area (Å²) in [6.07, 6.45) is 2.63. The lowest BCUT2D eigenvalue weighted by molar-refractivity contribution is 0.0767. The van der Waals surface area contributed by atoms with Gasteiger partial charge in [0.2, 0.25) is 0 Å². The number of carbonyl (C=O) groups excluding carboxylic acids is 1. The van der Waals surface area contributed by atoms with Crippen molar-refractivity contribution in [3.63, 3.8) is 0 Å². The smallest absolute Gasteiger partial charge is 0.261 e. The molecule has 1 fully saturated rings. The fourth-order valence-corrected chi connectivity index (χ4v) is 5.26. The SMILES string of the molecule is O=C(c1ccc(S(=O)(=O)Nc2ccc(Cl)cc2)cc1)N1CCCN(c2nccs2)CC1. The second-order valence-electron chi connectivity index (χ2n) is 7.08. The average molecular weight is 477 g/mol. The summed E-state index contributed by atoms with van der Waals surface area (Å²) in [5.41, 5.74) is 0.882. The highest BCUT2D eigenvalue weighted by Crippen LogP contribution is 2.21. The standard InChI is InChI=1S/C21H21ClN4O3S2/c22-17-4-6-18(7-5-17)24-31(28,29)19-8-2-16(3-9-19)20(27)25-11-1-12-26(14-13-25)21-23-10-15-30-21/h2-10,15,24H,1,11-14H2. The van der Waals surface area contributed by atoms with Crippen molar-refractivity contribution in [1.82, 2.24) is 9.88 Å². The molecule has 0 spiro atoms. The number of sulfonamides is 1. The molecule has 0 bridgehead atoms. The number of nitrogens with zero attached hydrogens (tertiary/aromatic N) is 3. The van der Waals surface area contributed by atoms with E-state index in [9.17, 15) is 13.2 Å². The average Bonchev–Trinajstić information content (AvgIpc) is 3.19. The van der Waals surface area contributed by atoms with Gasteiger partial charge in [-0.25, -0.2) is 13.4 Å². The molecule has 1 aliphatic rings. The van der Waals surface area contributed by atoms with Gasteiger partial charge in [-0.1, -0.05) is 11.6 Å². The highest BCUT2D eigenvalue weighted by Gasteiger charge is 2.22. The van der Waals surface area contributed by atoms with Crippen molar-refractivity contribution in [3.8, 4) is 0 Å². The maximum atomic E-state index is 12.9. The number of thiazole rings is 1. The van der Waals surface area contributed by atoms with Gasteiger partial charge in [0.05, 0.1) is 4.90 Å². The van der Waals surface area contributed by atoms with Gasteiger partial charge in [0.1, 0.15) is 0 Å². The lowest BCUT2D eigenvalue weighted by Gasteiger charge is -2.22. The van der Waals surface area contributed by atoms with Gasteiger partial charge in [-0.3, -0.25) is 9.52 Å². The first kappa shape index (κ1) is 21.6. The molecule has 10 heteroatoms. The number of rotatable bonds is 5. The minimum absolute atomic E-state index is 0.0878. The molecule has 162 valence electrons. The Bertz CT molecular complexity index is 1130. The maximum absolute atomic E-state index is 12.9. The van der Waals surface area contributed by atoms with E-state index in [1.165, 1.54) is 12.1 Å². The number of carbonyl (C=O) groups is 1. The number of amides is 1. The highest BCUT2D eigenvalue weighted by atomic mass is 35.5. The van der Waals surface area contributed by atoms with Crippen LogP contribution in [0.1, 0.15) is 16.8 Å². The van der Waals surface area contributed by atoms with E-state index in [2.05, 4.69) is 14.6 Å². The second kappa shape index (κ2) is 9.25. The van der Waals surface area contributed by atoms with Crippen LogP contribution in [-0.4, -0.2) is 50.4 Å². The summed E-state index contributed by atoms with van der Waals surface area (Å²) in [5, 5.41) is 3.44. The zero-order chi connectivity index (χ0) is 21.8. The van der Waals surface area contributed by atoms with Gasteiger partial charge in [-0.15, -0.1) is 11.3 Å². The van der Waals surface area contributed by atoms with Crippen LogP contribution in [0, 0.1) is 0 Å². The Morgan fingerprint density at radius 1 is 1.00 bits per heavy atom. The van der Waals surface area contributed by atoms with Crippen LogP contribution < -0.4 is 9.62 Å². The van der Waals surface area contributed by atoms with E-state index < -0.39 is 10.0 Å². The second-order valence-corrected chi connectivity index (χ2v) is 10.1. The van der Waals surface area contributed by atoms with E-state index in [1.807, 2.05) is 10.3 Å². The van der Waals surface area contributed by atoms with Crippen molar-refractivity contribution in [2.45, 2.75) is 11.3 Å². The predicted molar refractivity (Wildman–Crippen MR) is 124 cm³/mol. The normalized spacial score (nSPS) is 14.9. The van der Waals surface area contributed by atoms with Gasteiger partial charge in [0.15, 0.2) is 5.13 Å². The molecule has 1 amide bonds. The molecule has 4 rings (SSSR count). The molecule has 0 saturated carbocycles. The monoisotopic (exact) mass is 476 g/mol. The van der Waals surface area contributed by atoms with Crippen LogP contribution in [0.25, 0.3) is 0 Å². The number of aromatic nitrogens is 1. The van der Waals surface area contributed by atoms with Gasteiger partial charge in [-0.05, 0) is 55.0 Å². The van der Waals surface area contributed by atoms with E-state index in [0.29, 0.717) is 29.4 Å². The number of hydrogen-bond donors (Lipinski definition) is 1. The van der Waals surface area contributed by atoms with E-state index >= 15 is 0 Å². The zero-order valence-electron chi connectivity index (χ0n) is 16.6. The van der Waals surface area contributed by atoms with Crippen molar-refractivity contribution in [2.24, 2.45) is 0 Å². The molecule has 2 aromatic carbocycles. The van der Waals surface area contributed by atoms with Crippen LogP contribution in [0.15, 0.2) is 65.0 Å². The number of halogens is 1. The zero-order valence-corrected chi connectivity index (χ0v) is 19.0. The van der Waals surface area contributed by atoms with Crippen molar-refractivity contribution in [3.05, 3.63) is 70.7 Å². The van der Waals surface area contributed by atoms with Gasteiger partial charge in [0, 0.05) is 54.0 Å². The maximum Gasteiger partial charge on any atom is 0.261 e. The lowest BCUT2D eigenvalue weighted by Crippen LogP contribution is -2.35. The van der Waals surface area contributed by atoms with Crippen LogP contribution in [0.2, 0.25) is 5.02 Å². The van der Waals surface area contributed by atoms with Crippen LogP contribution >= 0.6 is 22.9 Å². The molecule has 0 unspecified atom stereocenters. The topological polar surface area (TPSA) is 82.6 Å². The molecular formula is C21H21ClN4O3S2. The van der Waals surface area contributed by atoms with Crippen LogP contribution in [0.3, 0.4) is 0 Å². The molecule has 1 saturated heterocycles. The molecule has 1 aliphatic heterocycles. The van der Waals surface area contributed by atoms with E-state index in [4.69, 9.17) is 11.6 Å². The number of anilines is 2. The minimum atomic E-state index is -3.76. The minimum Gasteiger partial charge on any atom is -0.346 e. The number of hydrogen-bond acceptors (Lipinski definition) is 6. The molecule has 1 aromatic heterocycles. The fraction of sp³-hybridized carbons (Fsp3) is 0.238. The summed E-state index contributed by atoms with van der Waals surface area (Å²) < 4.78 is 27.7. The molecule has 0 aliphatic carbocycles. The first-order valence-corrected chi connectivity index (χ1v) is 12.5. The Morgan fingerprint density at radius 2 is 1.74 bits per heavy atom. The Hall–Kier alpha value is -2.62. The third-order valence-electron chi connectivity index (χ3n) is 4.98. The lowest BCUT2D eigenvalue weighted by atomic mass is 10.2. The largest absolute Gasteiger partial charge is 0.346 e. The highest BCUT2D eigenvalue weighted by molar-refractivity contribution is 7.92. The molecule has 0 atom stereocenters.